The highest BCUT2D eigenvalue weighted by Crippen LogP contribution is 2.45. The Bertz CT molecular complexity index is 4370. The van der Waals surface area contributed by atoms with Crippen molar-refractivity contribution in [2.24, 2.45) is 0 Å². The fourth-order valence-corrected chi connectivity index (χ4v) is 11.8. The maximum Gasteiger partial charge on any atom is 0.252 e. The van der Waals surface area contributed by atoms with E-state index in [0.29, 0.717) is 54.1 Å². The maximum atomic E-state index is 14.7. The Balaban J connectivity index is 0.985. The Kier molecular flexibility index (Phi) is 6.93. The number of benzene rings is 9. The van der Waals surface area contributed by atoms with Crippen LogP contribution in [0.5, 0.6) is 0 Å². The molecule has 67 heavy (non-hydrogen) atoms. The average Bonchev–Trinajstić information content (AvgIpc) is 3.38. The van der Waals surface area contributed by atoms with Gasteiger partial charge in [-0.2, -0.15) is 0 Å². The van der Waals surface area contributed by atoms with E-state index in [1.54, 1.807) is 12.1 Å². The molecule has 9 heteroatoms. The minimum absolute atomic E-state index is 0.0862. The minimum atomic E-state index is -0.129. The number of hydrogen-bond acceptors (Lipinski definition) is 6. The second-order valence-corrected chi connectivity index (χ2v) is 17.8. The van der Waals surface area contributed by atoms with Gasteiger partial charge < -0.3 is 18.6 Å². The molecule has 2 aliphatic rings. The summed E-state index contributed by atoms with van der Waals surface area (Å²) < 4.78 is 4.15. The van der Waals surface area contributed by atoms with Gasteiger partial charge in [0.1, 0.15) is 0 Å². The lowest BCUT2D eigenvalue weighted by atomic mass is 9.33. The van der Waals surface area contributed by atoms with E-state index in [9.17, 15) is 19.2 Å². The van der Waals surface area contributed by atoms with Crippen LogP contribution in [0.1, 0.15) is 0 Å². The molecule has 0 fully saturated rings. The predicted octanol–water partition coefficient (Wildman–Crippen LogP) is 9.51. The highest BCUT2D eigenvalue weighted by molar-refractivity contribution is 7.00. The van der Waals surface area contributed by atoms with Gasteiger partial charge >= 0.3 is 0 Å². The lowest BCUT2D eigenvalue weighted by Gasteiger charge is -2.44. The molecule has 0 amide bonds. The van der Waals surface area contributed by atoms with Gasteiger partial charge in [0.15, 0.2) is 21.7 Å². The highest BCUT2D eigenvalue weighted by atomic mass is 16.1. The smallest absolute Gasteiger partial charge is 0.252 e. The molecule has 0 saturated carbocycles. The standard InChI is InChI=1S/C58H31BN4O4/c64-55-34-12-1-5-20-44(34)62-46-28-26-32(30-40(46)57(66)38-16-9-14-36(55)53(38)62)60-48-22-7-3-18-42(48)59-43-19-4-8-23-49(43)61(51-25-11-24-50(60)52(51)59)33-27-29-47-41(31-33)58(67)39-17-10-15-37-54(39)63(47)45-21-6-2-13-35(45)56(37)65/h1-31H. The van der Waals surface area contributed by atoms with Gasteiger partial charge in [0.2, 0.25) is 0 Å². The number of para-hydroxylation sites is 6. The van der Waals surface area contributed by atoms with Gasteiger partial charge in [-0.1, -0.05) is 78.9 Å². The molecule has 2 aliphatic heterocycles. The van der Waals surface area contributed by atoms with Crippen molar-refractivity contribution in [2.75, 3.05) is 9.80 Å². The molecule has 0 bridgehead atoms. The lowest BCUT2D eigenvalue weighted by molar-refractivity contribution is 1.25. The average molecular weight is 859 g/mol. The number of fused-ring (bicyclic) bond motifs is 12. The molecule has 0 aliphatic carbocycles. The van der Waals surface area contributed by atoms with Gasteiger partial charge in [0.05, 0.1) is 33.1 Å². The largest absolute Gasteiger partial charge is 0.311 e. The zero-order valence-corrected chi connectivity index (χ0v) is 35.4. The van der Waals surface area contributed by atoms with Gasteiger partial charge in [-0.3, -0.25) is 19.2 Å². The molecule has 13 aromatic rings. The molecule has 4 aromatic heterocycles. The van der Waals surface area contributed by atoms with E-state index < -0.39 is 0 Å². The number of hydrogen-bond donors (Lipinski definition) is 0. The molecule has 6 heterocycles. The third-order valence-electron chi connectivity index (χ3n) is 14.5. The zero-order chi connectivity index (χ0) is 44.4. The summed E-state index contributed by atoms with van der Waals surface area (Å²) in [7, 11) is 0. The molecule has 0 N–H and O–H groups in total. The van der Waals surface area contributed by atoms with E-state index in [0.717, 1.165) is 72.6 Å². The summed E-state index contributed by atoms with van der Waals surface area (Å²) in [5, 5.41) is 4.34. The fraction of sp³-hybridized carbons (Fsp3) is 0. The summed E-state index contributed by atoms with van der Waals surface area (Å²) in [6.07, 6.45) is 0. The van der Waals surface area contributed by atoms with Crippen LogP contribution in [0.3, 0.4) is 0 Å². The highest BCUT2D eigenvalue weighted by Gasteiger charge is 2.43. The number of nitrogens with zero attached hydrogens (tertiary/aromatic N) is 4. The fourth-order valence-electron chi connectivity index (χ4n) is 11.8. The summed E-state index contributed by atoms with van der Waals surface area (Å²) in [5.74, 6) is 0. The maximum absolute atomic E-state index is 14.7. The first-order chi connectivity index (χ1) is 33.0. The normalized spacial score (nSPS) is 13.2. The van der Waals surface area contributed by atoms with Gasteiger partial charge in [-0.15, -0.1) is 0 Å². The van der Waals surface area contributed by atoms with Crippen molar-refractivity contribution in [1.29, 1.82) is 0 Å². The Morgan fingerprint density at radius 1 is 0.299 bits per heavy atom. The third kappa shape index (κ3) is 4.52. The Labute approximate surface area is 379 Å². The van der Waals surface area contributed by atoms with Crippen molar-refractivity contribution < 1.29 is 0 Å². The van der Waals surface area contributed by atoms with Crippen LogP contribution in [0.25, 0.3) is 76.2 Å². The summed E-state index contributed by atoms with van der Waals surface area (Å²) in [4.78, 5) is 61.5. The van der Waals surface area contributed by atoms with E-state index in [1.165, 1.54) is 0 Å². The van der Waals surface area contributed by atoms with Crippen molar-refractivity contribution in [3.05, 3.63) is 229 Å². The van der Waals surface area contributed by atoms with Gasteiger partial charge in [-0.25, -0.2) is 0 Å². The van der Waals surface area contributed by atoms with Crippen molar-refractivity contribution in [2.45, 2.75) is 0 Å². The molecule has 0 unspecified atom stereocenters. The van der Waals surface area contributed by atoms with E-state index in [4.69, 9.17) is 0 Å². The van der Waals surface area contributed by atoms with Crippen LogP contribution in [0.15, 0.2) is 207 Å². The molecule has 310 valence electrons. The van der Waals surface area contributed by atoms with Crippen LogP contribution in [-0.2, 0) is 0 Å². The van der Waals surface area contributed by atoms with Crippen LogP contribution < -0.4 is 47.9 Å². The number of anilines is 6. The summed E-state index contributed by atoms with van der Waals surface area (Å²) in [5.41, 5.74) is 12.8. The summed E-state index contributed by atoms with van der Waals surface area (Å²) in [6.45, 7) is -0.120. The quantitative estimate of drug-likeness (QED) is 0.0979. The van der Waals surface area contributed by atoms with Crippen molar-refractivity contribution >= 4 is 133 Å². The molecule has 15 rings (SSSR count). The first kappa shape index (κ1) is 36.3. The van der Waals surface area contributed by atoms with Crippen LogP contribution in [-0.4, -0.2) is 15.5 Å². The Hall–Kier alpha value is -9.08. The first-order valence-electron chi connectivity index (χ1n) is 22.4. The third-order valence-corrected chi connectivity index (χ3v) is 14.5. The van der Waals surface area contributed by atoms with Crippen molar-refractivity contribution in [3.63, 3.8) is 0 Å². The van der Waals surface area contributed by atoms with E-state index >= 15 is 0 Å². The number of rotatable bonds is 2. The Morgan fingerprint density at radius 2 is 0.642 bits per heavy atom. The van der Waals surface area contributed by atoms with Gasteiger partial charge in [0.25, 0.3) is 6.71 Å². The molecular weight excluding hydrogens is 827 g/mol. The number of pyridine rings is 4. The van der Waals surface area contributed by atoms with Crippen LogP contribution in [0, 0.1) is 0 Å². The summed E-state index contributed by atoms with van der Waals surface area (Å²) in [6, 6.07) is 61.7. The molecule has 0 radical (unpaired) electrons. The monoisotopic (exact) mass is 858 g/mol. The predicted molar refractivity (Wildman–Crippen MR) is 275 cm³/mol. The number of aromatic nitrogens is 2. The molecule has 9 aromatic carbocycles. The molecular formula is C58H31BN4O4. The second-order valence-electron chi connectivity index (χ2n) is 17.8. The SMILES string of the molecule is O=c1c2ccccc2n2c3ccc(N4c5ccccc5B5c6ccccc6N(c6ccc7c(c6)c(=O)c6cccc8c(=O)c9ccccc9n7c86)c6cccc4c65)cc3c(=O)c3cccc1c32. The second kappa shape index (κ2) is 12.8. The van der Waals surface area contributed by atoms with Gasteiger partial charge in [0, 0.05) is 77.2 Å². The molecule has 0 atom stereocenters. The Morgan fingerprint density at radius 3 is 1.10 bits per heavy atom. The first-order valence-corrected chi connectivity index (χ1v) is 22.4. The van der Waals surface area contributed by atoms with E-state index in [-0.39, 0.29) is 28.4 Å². The lowest BCUT2D eigenvalue weighted by Crippen LogP contribution is -2.61. The van der Waals surface area contributed by atoms with Crippen LogP contribution in [0.2, 0.25) is 0 Å². The van der Waals surface area contributed by atoms with E-state index in [1.807, 2.05) is 97.1 Å². The molecule has 0 spiro atoms. The van der Waals surface area contributed by atoms with Gasteiger partial charge in [-0.05, 0) is 126 Å². The minimum Gasteiger partial charge on any atom is -0.311 e. The van der Waals surface area contributed by atoms with Crippen LogP contribution >= 0.6 is 0 Å². The van der Waals surface area contributed by atoms with Crippen LogP contribution in [0.4, 0.5) is 34.1 Å². The summed E-state index contributed by atoms with van der Waals surface area (Å²) >= 11 is 0. The van der Waals surface area contributed by atoms with Crippen molar-refractivity contribution in [1.82, 2.24) is 8.80 Å². The zero-order valence-electron chi connectivity index (χ0n) is 35.4. The molecule has 0 saturated heterocycles. The van der Waals surface area contributed by atoms with Crippen molar-refractivity contribution in [3.8, 4) is 0 Å². The van der Waals surface area contributed by atoms with E-state index in [2.05, 4.69) is 97.5 Å². The topological polar surface area (TPSA) is 83.6 Å². The molecule has 8 nitrogen and oxygen atoms in total.